The fourth-order valence-electron chi connectivity index (χ4n) is 2.76. The van der Waals surface area contributed by atoms with E-state index >= 15 is 0 Å². The lowest BCUT2D eigenvalue weighted by Gasteiger charge is -2.17. The van der Waals surface area contributed by atoms with Gasteiger partial charge in [0.25, 0.3) is 11.6 Å². The van der Waals surface area contributed by atoms with Gasteiger partial charge >= 0.3 is 5.97 Å². The smallest absolute Gasteiger partial charge is 0.337 e. The molecule has 3 rings (SSSR count). The summed E-state index contributed by atoms with van der Waals surface area (Å²) in [6.45, 7) is -0.0785. The number of nitro benzene ring substituents is 1. The largest absolute Gasteiger partial charge is 0.459 e. The molecular formula is C23H18N2O6. The standard InChI is InChI=1S/C23H18N2O6/c26-21(17-11-13-19(14-12-17)25(29)30)20(24-22(27)18-9-5-2-6-10-18)23(28)31-15-16-7-3-1-4-8-16/h1-14,20H,15H2,(H,24,27). The number of Topliss-reactive ketones (excluding diaryl/α,β-unsaturated/α-hetero) is 1. The topological polar surface area (TPSA) is 116 Å². The highest BCUT2D eigenvalue weighted by Crippen LogP contribution is 2.15. The number of esters is 1. The van der Waals surface area contributed by atoms with E-state index in [0.717, 1.165) is 12.1 Å². The maximum absolute atomic E-state index is 13.0. The molecule has 0 bridgehead atoms. The molecule has 8 heteroatoms. The van der Waals surface area contributed by atoms with Gasteiger partial charge in [0.15, 0.2) is 11.8 Å². The van der Waals surface area contributed by atoms with Crippen molar-refractivity contribution < 1.29 is 24.0 Å². The SMILES string of the molecule is O=C(NC(C(=O)OCc1ccccc1)C(=O)c1ccc([N+](=O)[O-])cc1)c1ccccc1. The Hall–Kier alpha value is -4.33. The van der Waals surface area contributed by atoms with E-state index in [0.29, 0.717) is 5.56 Å². The van der Waals surface area contributed by atoms with Crippen LogP contribution >= 0.6 is 0 Å². The van der Waals surface area contributed by atoms with E-state index in [-0.39, 0.29) is 23.4 Å². The lowest BCUT2D eigenvalue weighted by Crippen LogP contribution is -2.47. The summed E-state index contributed by atoms with van der Waals surface area (Å²) in [5.41, 5.74) is 0.806. The highest BCUT2D eigenvalue weighted by Gasteiger charge is 2.31. The van der Waals surface area contributed by atoms with Crippen molar-refractivity contribution >= 4 is 23.3 Å². The number of benzene rings is 3. The first-order chi connectivity index (χ1) is 15.0. The second-order valence-corrected chi connectivity index (χ2v) is 6.53. The van der Waals surface area contributed by atoms with Gasteiger partial charge in [0, 0.05) is 23.3 Å². The Bertz CT molecular complexity index is 1080. The Morgan fingerprint density at radius 2 is 1.42 bits per heavy atom. The Morgan fingerprint density at radius 1 is 0.839 bits per heavy atom. The summed E-state index contributed by atoms with van der Waals surface area (Å²) in [5.74, 6) is -2.30. The van der Waals surface area contributed by atoms with Gasteiger partial charge in [0.2, 0.25) is 0 Å². The first-order valence-corrected chi connectivity index (χ1v) is 9.31. The molecular weight excluding hydrogens is 400 g/mol. The Labute approximate surface area is 177 Å². The maximum atomic E-state index is 13.0. The first kappa shape index (κ1) is 21.4. The van der Waals surface area contributed by atoms with Crippen LogP contribution in [0.3, 0.4) is 0 Å². The summed E-state index contributed by atoms with van der Waals surface area (Å²) in [6, 6.07) is 20.1. The van der Waals surface area contributed by atoms with Crippen LogP contribution in [0.25, 0.3) is 0 Å². The number of carbonyl (C=O) groups is 3. The van der Waals surface area contributed by atoms with E-state index in [2.05, 4.69) is 5.32 Å². The van der Waals surface area contributed by atoms with Crippen LogP contribution in [-0.4, -0.2) is 28.6 Å². The van der Waals surface area contributed by atoms with Crippen LogP contribution in [0.1, 0.15) is 26.3 Å². The zero-order valence-corrected chi connectivity index (χ0v) is 16.3. The summed E-state index contributed by atoms with van der Waals surface area (Å²) in [6.07, 6.45) is 0. The quantitative estimate of drug-likeness (QED) is 0.197. The van der Waals surface area contributed by atoms with Gasteiger partial charge in [-0.25, -0.2) is 4.79 Å². The van der Waals surface area contributed by atoms with Gasteiger partial charge in [-0.3, -0.25) is 19.7 Å². The summed E-state index contributed by atoms with van der Waals surface area (Å²) < 4.78 is 5.25. The van der Waals surface area contributed by atoms with Crippen molar-refractivity contribution in [2.45, 2.75) is 12.6 Å². The average molecular weight is 418 g/mol. The predicted molar refractivity (Wildman–Crippen MR) is 111 cm³/mol. The van der Waals surface area contributed by atoms with Gasteiger partial charge in [-0.1, -0.05) is 48.5 Å². The van der Waals surface area contributed by atoms with E-state index < -0.39 is 28.6 Å². The number of hydrogen-bond acceptors (Lipinski definition) is 6. The van der Waals surface area contributed by atoms with Crippen molar-refractivity contribution in [1.29, 1.82) is 0 Å². The minimum atomic E-state index is -1.61. The number of hydrogen-bond donors (Lipinski definition) is 1. The number of nitrogens with one attached hydrogen (secondary N) is 1. The van der Waals surface area contributed by atoms with Crippen LogP contribution in [0.4, 0.5) is 5.69 Å². The highest BCUT2D eigenvalue weighted by atomic mass is 16.6. The molecule has 0 heterocycles. The van der Waals surface area contributed by atoms with Crippen LogP contribution in [0, 0.1) is 10.1 Å². The number of rotatable bonds is 8. The van der Waals surface area contributed by atoms with Gasteiger partial charge in [-0.15, -0.1) is 0 Å². The molecule has 0 aliphatic heterocycles. The number of non-ortho nitro benzene ring substituents is 1. The van der Waals surface area contributed by atoms with Gasteiger partial charge in [0.1, 0.15) is 6.61 Å². The van der Waals surface area contributed by atoms with E-state index in [4.69, 9.17) is 4.74 Å². The molecule has 1 amide bonds. The molecule has 1 N–H and O–H groups in total. The lowest BCUT2D eigenvalue weighted by molar-refractivity contribution is -0.384. The van der Waals surface area contributed by atoms with Crippen molar-refractivity contribution in [3.63, 3.8) is 0 Å². The molecule has 31 heavy (non-hydrogen) atoms. The minimum absolute atomic E-state index is 0.0284. The summed E-state index contributed by atoms with van der Waals surface area (Å²) in [4.78, 5) is 48.5. The highest BCUT2D eigenvalue weighted by molar-refractivity contribution is 6.14. The molecule has 0 spiro atoms. The molecule has 1 atom stereocenters. The van der Waals surface area contributed by atoms with Gasteiger partial charge in [-0.05, 0) is 29.8 Å². The number of nitro groups is 1. The molecule has 3 aromatic carbocycles. The van der Waals surface area contributed by atoms with Crippen LogP contribution in [0.2, 0.25) is 0 Å². The molecule has 0 saturated carbocycles. The molecule has 8 nitrogen and oxygen atoms in total. The second kappa shape index (κ2) is 9.93. The Kier molecular flexibility index (Phi) is 6.85. The molecule has 0 fully saturated rings. The molecule has 0 radical (unpaired) electrons. The Balaban J connectivity index is 1.81. The summed E-state index contributed by atoms with van der Waals surface area (Å²) >= 11 is 0. The summed E-state index contributed by atoms with van der Waals surface area (Å²) in [5, 5.41) is 13.2. The average Bonchev–Trinajstić information content (AvgIpc) is 2.81. The van der Waals surface area contributed by atoms with Gasteiger partial charge < -0.3 is 10.1 Å². The third kappa shape index (κ3) is 5.60. The van der Waals surface area contributed by atoms with Crippen LogP contribution in [-0.2, 0) is 16.1 Å². The fourth-order valence-corrected chi connectivity index (χ4v) is 2.76. The molecule has 156 valence electrons. The number of amides is 1. The van der Waals surface area contributed by atoms with Crippen LogP contribution in [0.5, 0.6) is 0 Å². The predicted octanol–water partition coefficient (Wildman–Crippen LogP) is 3.32. The number of nitrogens with zero attached hydrogens (tertiary/aromatic N) is 1. The van der Waals surface area contributed by atoms with E-state index in [1.807, 2.05) is 6.07 Å². The zero-order chi connectivity index (χ0) is 22.2. The monoisotopic (exact) mass is 418 g/mol. The maximum Gasteiger partial charge on any atom is 0.337 e. The molecule has 0 aliphatic rings. The Morgan fingerprint density at radius 3 is 2.00 bits per heavy atom. The van der Waals surface area contributed by atoms with Crippen molar-refractivity contribution in [3.8, 4) is 0 Å². The second-order valence-electron chi connectivity index (χ2n) is 6.53. The van der Waals surface area contributed by atoms with Crippen molar-refractivity contribution in [2.75, 3.05) is 0 Å². The molecule has 0 aromatic heterocycles. The zero-order valence-electron chi connectivity index (χ0n) is 16.3. The summed E-state index contributed by atoms with van der Waals surface area (Å²) in [7, 11) is 0. The molecule has 1 unspecified atom stereocenters. The van der Waals surface area contributed by atoms with Crippen molar-refractivity contribution in [2.24, 2.45) is 0 Å². The fraction of sp³-hybridized carbons (Fsp3) is 0.0870. The lowest BCUT2D eigenvalue weighted by atomic mass is 10.0. The van der Waals surface area contributed by atoms with Crippen molar-refractivity contribution in [3.05, 3.63) is 112 Å². The first-order valence-electron chi connectivity index (χ1n) is 9.31. The van der Waals surface area contributed by atoms with E-state index in [1.54, 1.807) is 42.5 Å². The molecule has 0 saturated heterocycles. The third-order valence-corrected chi connectivity index (χ3v) is 4.40. The normalized spacial score (nSPS) is 11.2. The molecule has 0 aliphatic carbocycles. The van der Waals surface area contributed by atoms with Gasteiger partial charge in [-0.2, -0.15) is 0 Å². The molecule has 3 aromatic rings. The minimum Gasteiger partial charge on any atom is -0.459 e. The number of ether oxygens (including phenoxy) is 1. The van der Waals surface area contributed by atoms with Gasteiger partial charge in [0.05, 0.1) is 4.92 Å². The van der Waals surface area contributed by atoms with Crippen molar-refractivity contribution in [1.82, 2.24) is 5.32 Å². The number of ketones is 1. The number of carbonyl (C=O) groups excluding carboxylic acids is 3. The van der Waals surface area contributed by atoms with Crippen LogP contribution in [0.15, 0.2) is 84.9 Å². The third-order valence-electron chi connectivity index (χ3n) is 4.40. The van der Waals surface area contributed by atoms with E-state index in [9.17, 15) is 24.5 Å². The van der Waals surface area contributed by atoms with Crippen LogP contribution < -0.4 is 5.32 Å². The van der Waals surface area contributed by atoms with E-state index in [1.165, 1.54) is 24.3 Å².